The summed E-state index contributed by atoms with van der Waals surface area (Å²) in [5.74, 6) is -0.720. The van der Waals surface area contributed by atoms with Gasteiger partial charge in [0.25, 0.3) is 0 Å². The van der Waals surface area contributed by atoms with E-state index in [1.54, 1.807) is 11.8 Å². The topological polar surface area (TPSA) is 86.8 Å². The molecule has 1 heterocycles. The highest BCUT2D eigenvalue weighted by atomic mass is 32.2. The zero-order valence-corrected chi connectivity index (χ0v) is 19.7. The SMILES string of the molecule is Cc1ccc(CNC(=O)[C@@]2(C)CN(S(C)(=O)=O)CC(=O)N2CCCc2ccccc2)cc1. The normalized spacial score (nSPS) is 19.7. The van der Waals surface area contributed by atoms with Crippen LogP contribution in [0, 0.1) is 6.92 Å². The first-order valence-electron chi connectivity index (χ1n) is 10.7. The van der Waals surface area contributed by atoms with E-state index in [9.17, 15) is 18.0 Å². The minimum Gasteiger partial charge on any atom is -0.350 e. The van der Waals surface area contributed by atoms with E-state index in [-0.39, 0.29) is 24.9 Å². The zero-order chi connectivity index (χ0) is 23.4. The highest BCUT2D eigenvalue weighted by Crippen LogP contribution is 2.25. The van der Waals surface area contributed by atoms with Gasteiger partial charge in [0.1, 0.15) is 5.54 Å². The molecule has 0 aromatic heterocycles. The van der Waals surface area contributed by atoms with Crippen molar-refractivity contribution in [2.24, 2.45) is 0 Å². The van der Waals surface area contributed by atoms with Crippen LogP contribution in [0.4, 0.5) is 0 Å². The number of nitrogens with one attached hydrogen (secondary N) is 1. The Labute approximate surface area is 190 Å². The summed E-state index contributed by atoms with van der Waals surface area (Å²) in [4.78, 5) is 27.8. The number of carbonyl (C=O) groups is 2. The molecule has 1 aliphatic rings. The Bertz CT molecular complexity index is 1050. The molecule has 1 saturated heterocycles. The lowest BCUT2D eigenvalue weighted by Crippen LogP contribution is -2.69. The minimum atomic E-state index is -3.62. The molecule has 1 fully saturated rings. The number of rotatable bonds is 8. The van der Waals surface area contributed by atoms with Crippen molar-refractivity contribution in [3.8, 4) is 0 Å². The molecule has 1 N–H and O–H groups in total. The first-order valence-corrected chi connectivity index (χ1v) is 12.6. The molecule has 2 amide bonds. The summed E-state index contributed by atoms with van der Waals surface area (Å²) < 4.78 is 25.5. The second-order valence-electron chi connectivity index (χ2n) is 8.61. The smallest absolute Gasteiger partial charge is 0.247 e. The second-order valence-corrected chi connectivity index (χ2v) is 10.6. The van der Waals surface area contributed by atoms with Crippen LogP contribution < -0.4 is 5.32 Å². The Balaban J connectivity index is 1.76. The van der Waals surface area contributed by atoms with E-state index in [1.807, 2.05) is 61.5 Å². The molecule has 2 aromatic rings. The number of aryl methyl sites for hydroxylation is 2. The van der Waals surface area contributed by atoms with Gasteiger partial charge in [-0.15, -0.1) is 0 Å². The lowest BCUT2D eigenvalue weighted by Gasteiger charge is -2.46. The van der Waals surface area contributed by atoms with Crippen LogP contribution in [0.2, 0.25) is 0 Å². The fourth-order valence-corrected chi connectivity index (χ4v) is 4.79. The molecular weight excluding hydrogens is 426 g/mol. The molecule has 3 rings (SSSR count). The van der Waals surface area contributed by atoms with Crippen LogP contribution in [0.1, 0.15) is 30.0 Å². The van der Waals surface area contributed by atoms with Gasteiger partial charge in [-0.1, -0.05) is 60.2 Å². The fraction of sp³-hybridized carbons (Fsp3) is 0.417. The molecule has 0 aliphatic carbocycles. The average molecular weight is 458 g/mol. The minimum absolute atomic E-state index is 0.0668. The Morgan fingerprint density at radius 1 is 1.06 bits per heavy atom. The largest absolute Gasteiger partial charge is 0.350 e. The number of carbonyl (C=O) groups excluding carboxylic acids is 2. The monoisotopic (exact) mass is 457 g/mol. The highest BCUT2D eigenvalue weighted by molar-refractivity contribution is 7.88. The van der Waals surface area contributed by atoms with Crippen molar-refractivity contribution in [3.05, 3.63) is 71.3 Å². The maximum absolute atomic E-state index is 13.3. The Kier molecular flexibility index (Phi) is 7.36. The predicted molar refractivity (Wildman–Crippen MR) is 124 cm³/mol. The molecule has 32 heavy (non-hydrogen) atoms. The van der Waals surface area contributed by atoms with Gasteiger partial charge in [-0.25, -0.2) is 8.42 Å². The van der Waals surface area contributed by atoms with Gasteiger partial charge in [-0.3, -0.25) is 9.59 Å². The summed E-state index contributed by atoms with van der Waals surface area (Å²) in [5, 5.41) is 2.90. The highest BCUT2D eigenvalue weighted by Gasteiger charge is 2.49. The zero-order valence-electron chi connectivity index (χ0n) is 18.9. The van der Waals surface area contributed by atoms with Crippen LogP contribution in [-0.4, -0.2) is 60.9 Å². The third-order valence-electron chi connectivity index (χ3n) is 5.91. The number of amides is 2. The summed E-state index contributed by atoms with van der Waals surface area (Å²) in [7, 11) is -3.62. The van der Waals surface area contributed by atoms with E-state index in [2.05, 4.69) is 5.32 Å². The molecule has 7 nitrogen and oxygen atoms in total. The first kappa shape index (κ1) is 23.9. The lowest BCUT2D eigenvalue weighted by molar-refractivity contribution is -0.152. The van der Waals surface area contributed by atoms with Crippen molar-refractivity contribution in [1.29, 1.82) is 0 Å². The number of nitrogens with zero attached hydrogens (tertiary/aromatic N) is 2. The molecule has 2 aromatic carbocycles. The van der Waals surface area contributed by atoms with E-state index in [4.69, 9.17) is 0 Å². The quantitative estimate of drug-likeness (QED) is 0.658. The number of piperazine rings is 1. The standard InChI is InChI=1S/C24H31N3O4S/c1-19-11-13-21(14-12-19)16-25-23(29)24(2)18-26(32(3,30)31)17-22(28)27(24)15-7-10-20-8-5-4-6-9-20/h4-6,8-9,11-14H,7,10,15-18H2,1-3H3,(H,25,29)/t24-/m1/s1. The van der Waals surface area contributed by atoms with Crippen molar-refractivity contribution in [3.63, 3.8) is 0 Å². The Morgan fingerprint density at radius 2 is 1.72 bits per heavy atom. The average Bonchev–Trinajstić information content (AvgIpc) is 2.75. The van der Waals surface area contributed by atoms with Crippen molar-refractivity contribution in [2.75, 3.05) is 25.9 Å². The number of benzene rings is 2. The fourth-order valence-electron chi connectivity index (χ4n) is 3.96. The Hall–Kier alpha value is -2.71. The van der Waals surface area contributed by atoms with Crippen molar-refractivity contribution < 1.29 is 18.0 Å². The second kappa shape index (κ2) is 9.83. The molecule has 1 aliphatic heterocycles. The number of hydrogen-bond acceptors (Lipinski definition) is 4. The summed E-state index contributed by atoms with van der Waals surface area (Å²) in [6, 6.07) is 17.7. The van der Waals surface area contributed by atoms with Gasteiger partial charge in [0.2, 0.25) is 21.8 Å². The summed E-state index contributed by atoms with van der Waals surface area (Å²) in [6.07, 6.45) is 2.51. The van der Waals surface area contributed by atoms with Gasteiger partial charge in [0.15, 0.2) is 0 Å². The van der Waals surface area contributed by atoms with Crippen molar-refractivity contribution >= 4 is 21.8 Å². The van der Waals surface area contributed by atoms with Crippen molar-refractivity contribution in [1.82, 2.24) is 14.5 Å². The maximum Gasteiger partial charge on any atom is 0.247 e. The van der Waals surface area contributed by atoms with E-state index < -0.39 is 15.6 Å². The summed E-state index contributed by atoms with van der Waals surface area (Å²) >= 11 is 0. The molecule has 0 bridgehead atoms. The molecular formula is C24H31N3O4S. The molecule has 0 radical (unpaired) electrons. The van der Waals surface area contributed by atoms with Gasteiger partial charge >= 0.3 is 0 Å². The van der Waals surface area contributed by atoms with E-state index in [1.165, 1.54) is 0 Å². The lowest BCUT2D eigenvalue weighted by atomic mass is 9.94. The summed E-state index contributed by atoms with van der Waals surface area (Å²) in [6.45, 7) is 4.01. The van der Waals surface area contributed by atoms with E-state index >= 15 is 0 Å². The Morgan fingerprint density at radius 3 is 2.34 bits per heavy atom. The van der Waals surface area contributed by atoms with E-state index in [0.29, 0.717) is 19.5 Å². The summed E-state index contributed by atoms with van der Waals surface area (Å²) in [5.41, 5.74) is 1.92. The van der Waals surface area contributed by atoms with Gasteiger partial charge in [-0.2, -0.15) is 4.31 Å². The van der Waals surface area contributed by atoms with Crippen LogP contribution in [0.15, 0.2) is 54.6 Å². The third kappa shape index (κ3) is 5.75. The molecule has 1 atom stereocenters. The molecule has 172 valence electrons. The van der Waals surface area contributed by atoms with Crippen LogP contribution in [-0.2, 0) is 32.6 Å². The predicted octanol–water partition coefficient (Wildman–Crippen LogP) is 2.11. The number of hydrogen-bond donors (Lipinski definition) is 1. The third-order valence-corrected chi connectivity index (χ3v) is 7.11. The van der Waals surface area contributed by atoms with Gasteiger partial charge < -0.3 is 10.2 Å². The van der Waals surface area contributed by atoms with Crippen LogP contribution in [0.5, 0.6) is 0 Å². The first-order chi connectivity index (χ1) is 15.1. The van der Waals surface area contributed by atoms with E-state index in [0.717, 1.165) is 33.7 Å². The van der Waals surface area contributed by atoms with Gasteiger partial charge in [0.05, 0.1) is 12.8 Å². The van der Waals surface area contributed by atoms with Crippen molar-refractivity contribution in [2.45, 2.75) is 38.8 Å². The molecule has 0 saturated carbocycles. The van der Waals surface area contributed by atoms with Crippen LogP contribution in [0.25, 0.3) is 0 Å². The van der Waals surface area contributed by atoms with Crippen LogP contribution in [0.3, 0.4) is 0 Å². The maximum atomic E-state index is 13.3. The molecule has 8 heteroatoms. The van der Waals surface area contributed by atoms with Crippen LogP contribution >= 0.6 is 0 Å². The molecule has 0 unspecified atom stereocenters. The van der Waals surface area contributed by atoms with Gasteiger partial charge in [0, 0.05) is 19.6 Å². The number of sulfonamides is 1. The van der Waals surface area contributed by atoms with Gasteiger partial charge in [-0.05, 0) is 37.8 Å². The molecule has 0 spiro atoms.